The molecule has 2 aromatic heterocycles. The number of anilines is 1. The molecule has 150 valence electrons. The van der Waals surface area contributed by atoms with Gasteiger partial charge < -0.3 is 15.3 Å². The summed E-state index contributed by atoms with van der Waals surface area (Å²) in [7, 11) is 1.84. The molecule has 1 aromatic carbocycles. The molecule has 3 aromatic rings. The highest BCUT2D eigenvalue weighted by molar-refractivity contribution is 5.93. The van der Waals surface area contributed by atoms with E-state index in [2.05, 4.69) is 20.3 Å². The van der Waals surface area contributed by atoms with Crippen molar-refractivity contribution in [1.82, 2.24) is 20.3 Å². The van der Waals surface area contributed by atoms with Crippen molar-refractivity contribution in [2.24, 2.45) is 0 Å². The van der Waals surface area contributed by atoms with Crippen LogP contribution in [0.5, 0.6) is 5.75 Å². The summed E-state index contributed by atoms with van der Waals surface area (Å²) >= 11 is 0. The molecule has 2 N–H and O–H groups in total. The molecule has 2 saturated heterocycles. The van der Waals surface area contributed by atoms with Crippen LogP contribution in [0.25, 0.3) is 22.0 Å². The highest BCUT2D eigenvalue weighted by Crippen LogP contribution is 2.36. The summed E-state index contributed by atoms with van der Waals surface area (Å²) in [6, 6.07) is 3.22. The van der Waals surface area contributed by atoms with E-state index in [1.807, 2.05) is 11.9 Å². The maximum atomic E-state index is 14.8. The molecule has 4 atom stereocenters. The predicted molar refractivity (Wildman–Crippen MR) is 106 cm³/mol. The number of aromatic nitrogens is 3. The Hall–Kier alpha value is -2.87. The second kappa shape index (κ2) is 6.88. The zero-order valence-corrected chi connectivity index (χ0v) is 15.9. The van der Waals surface area contributed by atoms with Crippen LogP contribution in [0.4, 0.5) is 14.6 Å². The van der Waals surface area contributed by atoms with Crippen LogP contribution in [0.1, 0.15) is 19.3 Å². The molecule has 4 heterocycles. The second-order valence-corrected chi connectivity index (χ2v) is 7.84. The number of alkyl halides is 1. The van der Waals surface area contributed by atoms with Crippen LogP contribution in [0.3, 0.4) is 0 Å². The van der Waals surface area contributed by atoms with Gasteiger partial charge in [-0.05, 0) is 25.3 Å². The van der Waals surface area contributed by atoms with Crippen molar-refractivity contribution < 1.29 is 13.9 Å². The lowest BCUT2D eigenvalue weighted by Gasteiger charge is -2.38. The Morgan fingerprint density at radius 1 is 1.10 bits per heavy atom. The number of halogens is 2. The van der Waals surface area contributed by atoms with Crippen molar-refractivity contribution in [3.8, 4) is 17.0 Å². The Balaban J connectivity index is 1.43. The van der Waals surface area contributed by atoms with Gasteiger partial charge in [0.05, 0.1) is 30.3 Å². The molecule has 0 radical (unpaired) electrons. The van der Waals surface area contributed by atoms with Gasteiger partial charge in [-0.15, -0.1) is 0 Å². The molecule has 1 unspecified atom stereocenters. The van der Waals surface area contributed by atoms with Gasteiger partial charge in [-0.2, -0.15) is 0 Å². The number of phenols is 1. The van der Waals surface area contributed by atoms with Gasteiger partial charge in [0.2, 0.25) is 0 Å². The summed E-state index contributed by atoms with van der Waals surface area (Å²) in [5.41, 5.74) is 0.892. The Morgan fingerprint density at radius 3 is 2.76 bits per heavy atom. The third-order valence-electron chi connectivity index (χ3n) is 6.19. The first-order valence-electron chi connectivity index (χ1n) is 9.73. The van der Waals surface area contributed by atoms with Gasteiger partial charge in [0.25, 0.3) is 0 Å². The fraction of sp³-hybridized carbons (Fsp3) is 0.381. The lowest BCUT2D eigenvalue weighted by Crippen LogP contribution is -2.55. The third kappa shape index (κ3) is 2.98. The number of nitrogens with one attached hydrogen (secondary N) is 1. The Kier molecular flexibility index (Phi) is 4.31. The normalized spacial score (nSPS) is 26.0. The molecule has 8 heteroatoms. The minimum Gasteiger partial charge on any atom is -0.507 e. The molecule has 0 spiro atoms. The third-order valence-corrected chi connectivity index (χ3v) is 6.19. The van der Waals surface area contributed by atoms with E-state index in [-0.39, 0.29) is 17.8 Å². The minimum absolute atomic E-state index is 0.0861. The molecule has 0 saturated carbocycles. The first-order valence-corrected chi connectivity index (χ1v) is 9.73. The molecule has 0 aliphatic carbocycles. The van der Waals surface area contributed by atoms with Crippen LogP contribution in [0.2, 0.25) is 0 Å². The molecule has 2 aliphatic heterocycles. The lowest BCUT2D eigenvalue weighted by atomic mass is 9.96. The summed E-state index contributed by atoms with van der Waals surface area (Å²) in [4.78, 5) is 14.5. The number of nitrogens with zero attached hydrogens (tertiary/aromatic N) is 4. The van der Waals surface area contributed by atoms with Crippen molar-refractivity contribution in [2.75, 3.05) is 11.9 Å². The maximum absolute atomic E-state index is 14.8. The van der Waals surface area contributed by atoms with Gasteiger partial charge >= 0.3 is 0 Å². The average Bonchev–Trinajstić information content (AvgIpc) is 3.15. The van der Waals surface area contributed by atoms with Crippen LogP contribution in [-0.2, 0) is 0 Å². The first-order chi connectivity index (χ1) is 14.0. The van der Waals surface area contributed by atoms with Crippen LogP contribution in [0, 0.1) is 5.82 Å². The van der Waals surface area contributed by atoms with Gasteiger partial charge in [0.1, 0.15) is 23.6 Å². The van der Waals surface area contributed by atoms with E-state index in [0.29, 0.717) is 33.9 Å². The van der Waals surface area contributed by atoms with Crippen molar-refractivity contribution in [2.45, 2.75) is 43.6 Å². The summed E-state index contributed by atoms with van der Waals surface area (Å²) in [6.07, 6.45) is 7.32. The number of hydrogen-bond donors (Lipinski definition) is 2. The van der Waals surface area contributed by atoms with Crippen LogP contribution < -0.4 is 10.2 Å². The van der Waals surface area contributed by atoms with Crippen molar-refractivity contribution in [1.29, 1.82) is 0 Å². The zero-order valence-electron chi connectivity index (χ0n) is 15.9. The number of phenolic OH excluding ortho intramolecular Hbond substituents is 1. The molecule has 2 aliphatic rings. The van der Waals surface area contributed by atoms with E-state index in [1.165, 1.54) is 6.20 Å². The topological polar surface area (TPSA) is 74.2 Å². The van der Waals surface area contributed by atoms with E-state index in [4.69, 9.17) is 0 Å². The molecule has 29 heavy (non-hydrogen) atoms. The highest BCUT2D eigenvalue weighted by Gasteiger charge is 2.43. The second-order valence-electron chi connectivity index (χ2n) is 7.84. The van der Waals surface area contributed by atoms with Gasteiger partial charge in [-0.25, -0.2) is 13.8 Å². The zero-order chi connectivity index (χ0) is 20.1. The summed E-state index contributed by atoms with van der Waals surface area (Å²) < 4.78 is 28.7. The fourth-order valence-electron chi connectivity index (χ4n) is 4.56. The number of aromatic hydroxyl groups is 1. The lowest BCUT2D eigenvalue weighted by molar-refractivity contribution is 0.176. The number of pyridine rings is 1. The standard InChI is InChI=1S/C21H21F2N5O/c1-28(18-6-11-2-5-16(27-11)20(18)23)19-10-25-17(9-26-19)13-4-3-12-14(21(13)29)7-24-8-15(12)22/h3-4,7-11,16,18,20,27,29H,2,5-6H2,1H3/t11?,16-,18+,20-/m0/s1. The first kappa shape index (κ1) is 18.2. The molecule has 2 fully saturated rings. The Bertz CT molecular complexity index is 1060. The van der Waals surface area contributed by atoms with Crippen molar-refractivity contribution >= 4 is 16.6 Å². The van der Waals surface area contributed by atoms with Gasteiger partial charge in [0, 0.05) is 41.7 Å². The van der Waals surface area contributed by atoms with Gasteiger partial charge in [-0.1, -0.05) is 6.07 Å². The molecular weight excluding hydrogens is 376 g/mol. The quantitative estimate of drug-likeness (QED) is 0.707. The number of benzene rings is 1. The summed E-state index contributed by atoms with van der Waals surface area (Å²) in [5, 5.41) is 14.5. The highest BCUT2D eigenvalue weighted by atomic mass is 19.1. The van der Waals surface area contributed by atoms with Crippen LogP contribution in [-0.4, -0.2) is 51.4 Å². The van der Waals surface area contributed by atoms with E-state index < -0.39 is 12.0 Å². The number of fused-ring (bicyclic) bond motifs is 3. The maximum Gasteiger partial charge on any atom is 0.149 e. The van der Waals surface area contributed by atoms with E-state index in [0.717, 1.165) is 25.5 Å². The number of rotatable bonds is 3. The van der Waals surface area contributed by atoms with Crippen molar-refractivity contribution in [3.05, 3.63) is 42.7 Å². The molecule has 6 nitrogen and oxygen atoms in total. The molecule has 0 amide bonds. The van der Waals surface area contributed by atoms with Crippen molar-refractivity contribution in [3.63, 3.8) is 0 Å². The Labute approximate surface area is 166 Å². The summed E-state index contributed by atoms with van der Waals surface area (Å²) in [5.74, 6) is -0.0107. The molecule has 2 bridgehead atoms. The molecule has 5 rings (SSSR count). The van der Waals surface area contributed by atoms with Gasteiger partial charge in [0.15, 0.2) is 0 Å². The molecular formula is C21H21F2N5O. The average molecular weight is 397 g/mol. The van der Waals surface area contributed by atoms with E-state index >= 15 is 0 Å². The fourth-order valence-corrected chi connectivity index (χ4v) is 4.56. The van der Waals surface area contributed by atoms with Gasteiger partial charge in [-0.3, -0.25) is 9.97 Å². The predicted octanol–water partition coefficient (Wildman–Crippen LogP) is 3.20. The van der Waals surface area contributed by atoms with E-state index in [1.54, 1.807) is 24.5 Å². The van der Waals surface area contributed by atoms with Crippen LogP contribution in [0.15, 0.2) is 36.9 Å². The largest absolute Gasteiger partial charge is 0.507 e. The minimum atomic E-state index is -0.952. The smallest absolute Gasteiger partial charge is 0.149 e. The SMILES string of the molecule is CN(c1cnc(-c2ccc3c(F)cncc3c2O)cn1)[C@@H]1CC2CC[C@H](N2)[C@@H]1F. The Morgan fingerprint density at radius 2 is 1.97 bits per heavy atom. The van der Waals surface area contributed by atoms with E-state index in [9.17, 15) is 13.9 Å². The van der Waals surface area contributed by atoms with Crippen LogP contribution >= 0.6 is 0 Å². The number of hydrogen-bond acceptors (Lipinski definition) is 6. The number of piperidine rings is 1. The summed E-state index contributed by atoms with van der Waals surface area (Å²) in [6.45, 7) is 0. The monoisotopic (exact) mass is 397 g/mol.